The number of aromatic nitrogens is 1. The van der Waals surface area contributed by atoms with Gasteiger partial charge >= 0.3 is 0 Å². The van der Waals surface area contributed by atoms with Gasteiger partial charge in [0.15, 0.2) is 5.76 Å². The normalized spacial score (nSPS) is 12.4. The van der Waals surface area contributed by atoms with Gasteiger partial charge in [-0.3, -0.25) is 0 Å². The molecule has 0 aliphatic heterocycles. The average Bonchev–Trinajstić information content (AvgIpc) is 2.86. The second-order valence-corrected chi connectivity index (χ2v) is 4.11. The first-order chi connectivity index (χ1) is 7.83. The van der Waals surface area contributed by atoms with Gasteiger partial charge in [-0.1, -0.05) is 11.2 Å². The van der Waals surface area contributed by atoms with Crippen LogP contribution in [0.4, 0.5) is 0 Å². The molecule has 0 N–H and O–H groups in total. The summed E-state index contributed by atoms with van der Waals surface area (Å²) in [5, 5.41) is 4.02. The molecule has 0 amide bonds. The van der Waals surface area contributed by atoms with Crippen molar-refractivity contribution in [2.75, 3.05) is 7.11 Å². The predicted octanol–water partition coefficient (Wildman–Crippen LogP) is 2.68. The van der Waals surface area contributed by atoms with E-state index in [9.17, 15) is 0 Å². The Morgan fingerprint density at radius 1 is 1.50 bits per heavy atom. The van der Waals surface area contributed by atoms with E-state index in [1.54, 1.807) is 7.11 Å². The Labute approximate surface area is 98.8 Å². The molecule has 4 heteroatoms. The molecule has 1 aliphatic rings. The third-order valence-electron chi connectivity index (χ3n) is 2.95. The van der Waals surface area contributed by atoms with Crippen LogP contribution in [-0.4, -0.2) is 12.3 Å². The lowest BCUT2D eigenvalue weighted by molar-refractivity contribution is 0.413. The molecule has 82 valence electrons. The van der Waals surface area contributed by atoms with Crippen LogP contribution in [0.15, 0.2) is 22.7 Å². The Hall–Kier alpha value is -1.42. The fourth-order valence-corrected chi connectivity index (χ4v) is 2.35. The van der Waals surface area contributed by atoms with Crippen molar-refractivity contribution in [1.29, 1.82) is 0 Å². The fourth-order valence-electron chi connectivity index (χ4n) is 2.10. The largest absolute Gasteiger partial charge is 0.497 e. The van der Waals surface area contributed by atoms with Crippen molar-refractivity contribution in [3.05, 3.63) is 35.0 Å². The maximum absolute atomic E-state index is 5.37. The number of hydrogen-bond acceptors (Lipinski definition) is 4. The molecule has 0 fully saturated rings. The number of ether oxygens (including phenoxy) is 1. The highest BCUT2D eigenvalue weighted by molar-refractivity contribution is 7.79. The summed E-state index contributed by atoms with van der Waals surface area (Å²) in [6.45, 7) is 0. The molecule has 16 heavy (non-hydrogen) atoms. The van der Waals surface area contributed by atoms with Gasteiger partial charge in [-0.2, -0.15) is 12.6 Å². The van der Waals surface area contributed by atoms with Crippen molar-refractivity contribution in [2.45, 2.75) is 12.2 Å². The second kappa shape index (κ2) is 3.56. The predicted molar refractivity (Wildman–Crippen MR) is 64.0 cm³/mol. The van der Waals surface area contributed by atoms with Gasteiger partial charge in [-0.25, -0.2) is 0 Å². The van der Waals surface area contributed by atoms with Crippen molar-refractivity contribution < 1.29 is 9.26 Å². The Kier molecular flexibility index (Phi) is 2.17. The van der Waals surface area contributed by atoms with Gasteiger partial charge in [0.25, 0.3) is 0 Å². The van der Waals surface area contributed by atoms with Gasteiger partial charge in [0.2, 0.25) is 0 Å². The van der Waals surface area contributed by atoms with E-state index in [0.717, 1.165) is 29.2 Å². The lowest BCUT2D eigenvalue weighted by atomic mass is 10.1. The van der Waals surface area contributed by atoms with Crippen LogP contribution in [0.3, 0.4) is 0 Å². The van der Waals surface area contributed by atoms with E-state index in [0.29, 0.717) is 5.75 Å². The molecular formula is C12H11NO2S. The highest BCUT2D eigenvalue weighted by atomic mass is 32.1. The number of benzene rings is 1. The fraction of sp³-hybridized carbons (Fsp3) is 0.250. The van der Waals surface area contributed by atoms with Gasteiger partial charge in [-0.15, -0.1) is 0 Å². The molecular weight excluding hydrogens is 222 g/mol. The zero-order valence-corrected chi connectivity index (χ0v) is 9.75. The molecule has 1 aromatic heterocycles. The summed E-state index contributed by atoms with van der Waals surface area (Å²) >= 11 is 4.25. The van der Waals surface area contributed by atoms with Crippen molar-refractivity contribution >= 4 is 12.6 Å². The quantitative estimate of drug-likeness (QED) is 0.691. The summed E-state index contributed by atoms with van der Waals surface area (Å²) in [4.78, 5) is 0. The van der Waals surface area contributed by atoms with Crippen molar-refractivity contribution in [1.82, 2.24) is 5.16 Å². The molecule has 3 nitrogen and oxygen atoms in total. The molecule has 1 aromatic carbocycles. The van der Waals surface area contributed by atoms with Gasteiger partial charge in [0.05, 0.1) is 12.8 Å². The number of nitrogens with zero attached hydrogens (tertiary/aromatic N) is 1. The maximum Gasteiger partial charge on any atom is 0.171 e. The van der Waals surface area contributed by atoms with Gasteiger partial charge in [-0.05, 0) is 17.7 Å². The van der Waals surface area contributed by atoms with E-state index in [2.05, 4.69) is 23.9 Å². The highest BCUT2D eigenvalue weighted by Crippen LogP contribution is 2.40. The van der Waals surface area contributed by atoms with Crippen molar-refractivity contribution in [2.24, 2.45) is 0 Å². The molecule has 1 heterocycles. The monoisotopic (exact) mass is 233 g/mol. The second-order valence-electron chi connectivity index (χ2n) is 3.79. The van der Waals surface area contributed by atoms with Crippen LogP contribution in [0.25, 0.3) is 11.3 Å². The van der Waals surface area contributed by atoms with Crippen LogP contribution >= 0.6 is 12.6 Å². The number of rotatable bonds is 2. The summed E-state index contributed by atoms with van der Waals surface area (Å²) < 4.78 is 10.6. The first-order valence-corrected chi connectivity index (χ1v) is 5.72. The Morgan fingerprint density at radius 2 is 2.38 bits per heavy atom. The van der Waals surface area contributed by atoms with Gasteiger partial charge < -0.3 is 9.26 Å². The number of fused-ring (bicyclic) bond motifs is 3. The lowest BCUT2D eigenvalue weighted by Gasteiger charge is -2.02. The highest BCUT2D eigenvalue weighted by Gasteiger charge is 2.26. The molecule has 0 bridgehead atoms. The zero-order valence-electron chi connectivity index (χ0n) is 8.86. The molecule has 1 aliphatic carbocycles. The summed E-state index contributed by atoms with van der Waals surface area (Å²) in [7, 11) is 1.66. The Morgan fingerprint density at radius 3 is 3.12 bits per heavy atom. The minimum atomic E-state index is 0.615. The topological polar surface area (TPSA) is 35.3 Å². The smallest absolute Gasteiger partial charge is 0.171 e. The average molecular weight is 233 g/mol. The summed E-state index contributed by atoms with van der Waals surface area (Å²) in [6, 6.07) is 6.04. The van der Waals surface area contributed by atoms with Crippen molar-refractivity contribution in [3.8, 4) is 17.1 Å². The van der Waals surface area contributed by atoms with E-state index >= 15 is 0 Å². The van der Waals surface area contributed by atoms with Crippen LogP contribution in [0.2, 0.25) is 0 Å². The standard InChI is InChI=1S/C12H11NO2S/c1-14-8-3-2-7-4-10-11(6-16)13-15-12(10)9(7)5-8/h2-3,5,16H,4,6H2,1H3. The van der Waals surface area contributed by atoms with Gasteiger partial charge in [0, 0.05) is 23.3 Å². The summed E-state index contributed by atoms with van der Waals surface area (Å²) in [6.07, 6.45) is 0.883. The molecule has 0 atom stereocenters. The molecule has 0 saturated carbocycles. The van der Waals surface area contributed by atoms with E-state index < -0.39 is 0 Å². The number of hydrogen-bond donors (Lipinski definition) is 1. The molecule has 0 saturated heterocycles. The summed E-state index contributed by atoms with van der Waals surface area (Å²) in [5.74, 6) is 2.33. The van der Waals surface area contributed by atoms with Crippen LogP contribution < -0.4 is 4.74 Å². The lowest BCUT2D eigenvalue weighted by Crippen LogP contribution is -1.87. The molecule has 2 aromatic rings. The van der Waals surface area contributed by atoms with Gasteiger partial charge in [0.1, 0.15) is 5.75 Å². The number of thiol groups is 1. The molecule has 0 unspecified atom stereocenters. The minimum absolute atomic E-state index is 0.615. The van der Waals surface area contributed by atoms with Crippen LogP contribution in [0.1, 0.15) is 16.8 Å². The molecule has 0 spiro atoms. The molecule has 3 rings (SSSR count). The van der Waals surface area contributed by atoms with Crippen LogP contribution in [-0.2, 0) is 12.2 Å². The van der Waals surface area contributed by atoms with Crippen LogP contribution in [0, 0.1) is 0 Å². The molecule has 0 radical (unpaired) electrons. The Balaban J connectivity index is 2.16. The van der Waals surface area contributed by atoms with E-state index in [1.165, 1.54) is 11.1 Å². The van der Waals surface area contributed by atoms with Crippen LogP contribution in [0.5, 0.6) is 5.75 Å². The first kappa shape index (κ1) is 9.78. The summed E-state index contributed by atoms with van der Waals surface area (Å²) in [5.41, 5.74) is 4.46. The SMILES string of the molecule is COc1ccc2c(c1)-c1onc(CS)c1C2. The van der Waals surface area contributed by atoms with E-state index in [4.69, 9.17) is 9.26 Å². The third-order valence-corrected chi connectivity index (χ3v) is 3.25. The van der Waals surface area contributed by atoms with Crippen molar-refractivity contribution in [3.63, 3.8) is 0 Å². The Bertz CT molecular complexity index is 548. The third kappa shape index (κ3) is 1.26. The first-order valence-electron chi connectivity index (χ1n) is 5.09. The zero-order chi connectivity index (χ0) is 11.1. The minimum Gasteiger partial charge on any atom is -0.497 e. The maximum atomic E-state index is 5.37. The number of methoxy groups -OCH3 is 1. The van der Waals surface area contributed by atoms with E-state index in [1.807, 2.05) is 12.1 Å². The van der Waals surface area contributed by atoms with E-state index in [-0.39, 0.29) is 0 Å².